The smallest absolute Gasteiger partial charge is 0.242 e. The molecule has 7 nitrogen and oxygen atoms in total. The lowest BCUT2D eigenvalue weighted by Crippen LogP contribution is -2.53. The van der Waals surface area contributed by atoms with Crippen molar-refractivity contribution in [3.8, 4) is 0 Å². The highest BCUT2D eigenvalue weighted by atomic mass is 35.5. The van der Waals surface area contributed by atoms with Crippen LogP contribution in [0.1, 0.15) is 85.5 Å². The van der Waals surface area contributed by atoms with E-state index in [9.17, 15) is 22.4 Å². The van der Waals surface area contributed by atoms with Gasteiger partial charge in [0.2, 0.25) is 21.8 Å². The van der Waals surface area contributed by atoms with Gasteiger partial charge in [-0.2, -0.15) is 0 Å². The SMILES string of the molecule is CC(C)C[C@@H](C(N)=O)N(CCCCNS(=O)(=O)c1ccc(F)cc1Cl)C(=O)C(C)(C)CC1CCCCC1. The van der Waals surface area contributed by atoms with E-state index in [1.165, 1.54) is 19.3 Å². The molecule has 10 heteroatoms. The molecule has 0 radical (unpaired) electrons. The van der Waals surface area contributed by atoms with Crippen LogP contribution in [-0.4, -0.2) is 44.3 Å². The first-order valence-electron chi connectivity index (χ1n) is 13.3. The number of carbonyl (C=O) groups excluding carboxylic acids is 2. The zero-order valence-electron chi connectivity index (χ0n) is 22.6. The van der Waals surface area contributed by atoms with Crippen molar-refractivity contribution in [1.29, 1.82) is 0 Å². The fourth-order valence-electron chi connectivity index (χ4n) is 5.22. The number of hydrogen-bond donors (Lipinski definition) is 2. The van der Waals surface area contributed by atoms with Crippen molar-refractivity contribution in [1.82, 2.24) is 9.62 Å². The molecule has 0 bridgehead atoms. The lowest BCUT2D eigenvalue weighted by atomic mass is 9.75. The highest BCUT2D eigenvalue weighted by Gasteiger charge is 2.39. The number of nitrogens with two attached hydrogens (primary N) is 1. The predicted octanol–water partition coefficient (Wildman–Crippen LogP) is 5.26. The molecule has 0 heterocycles. The van der Waals surface area contributed by atoms with Crippen LogP contribution in [0.3, 0.4) is 0 Å². The van der Waals surface area contributed by atoms with E-state index in [4.69, 9.17) is 17.3 Å². The maximum atomic E-state index is 13.8. The van der Waals surface area contributed by atoms with Gasteiger partial charge in [-0.05, 0) is 55.7 Å². The van der Waals surface area contributed by atoms with E-state index in [-0.39, 0.29) is 28.3 Å². The summed E-state index contributed by atoms with van der Waals surface area (Å²) in [5, 5.41) is -0.192. The Morgan fingerprint density at radius 2 is 1.84 bits per heavy atom. The molecule has 0 aliphatic heterocycles. The first-order chi connectivity index (χ1) is 17.2. The molecule has 2 amide bonds. The van der Waals surface area contributed by atoms with Gasteiger partial charge in [0.15, 0.2) is 0 Å². The molecule has 1 fully saturated rings. The van der Waals surface area contributed by atoms with Crippen molar-refractivity contribution >= 4 is 33.4 Å². The maximum absolute atomic E-state index is 13.8. The van der Waals surface area contributed by atoms with Crippen LogP contribution in [0.5, 0.6) is 0 Å². The number of amides is 2. The summed E-state index contributed by atoms with van der Waals surface area (Å²) in [6.07, 6.45) is 8.02. The van der Waals surface area contributed by atoms with Crippen LogP contribution in [0, 0.1) is 23.1 Å². The van der Waals surface area contributed by atoms with Gasteiger partial charge in [0, 0.05) is 18.5 Å². The summed E-state index contributed by atoms with van der Waals surface area (Å²) < 4.78 is 40.9. The second-order valence-electron chi connectivity index (χ2n) is 11.3. The van der Waals surface area contributed by atoms with Crippen molar-refractivity contribution in [3.05, 3.63) is 29.0 Å². The van der Waals surface area contributed by atoms with Gasteiger partial charge in [0.25, 0.3) is 0 Å². The first-order valence-corrected chi connectivity index (χ1v) is 15.2. The molecule has 1 saturated carbocycles. The standard InChI is InChI=1S/C27H43ClFN3O4S/c1-19(2)16-23(25(30)33)32(26(34)27(3,4)18-20-10-6-5-7-11-20)15-9-8-14-31-37(35,36)24-13-12-21(29)17-22(24)28/h12-13,17,19-20,23,31H,5-11,14-16,18H2,1-4H3,(H2,30,33)/t23-/m0/s1. The van der Waals surface area contributed by atoms with Crippen molar-refractivity contribution in [2.45, 2.75) is 96.4 Å². The zero-order valence-corrected chi connectivity index (χ0v) is 24.1. The molecule has 1 atom stereocenters. The Kier molecular flexibility index (Phi) is 11.8. The van der Waals surface area contributed by atoms with Gasteiger partial charge in [-0.3, -0.25) is 9.59 Å². The van der Waals surface area contributed by atoms with Gasteiger partial charge in [0.05, 0.1) is 5.02 Å². The lowest BCUT2D eigenvalue weighted by Gasteiger charge is -2.39. The minimum Gasteiger partial charge on any atom is -0.368 e. The molecule has 0 aromatic heterocycles. The van der Waals surface area contributed by atoms with Crippen LogP contribution in [0.15, 0.2) is 23.1 Å². The van der Waals surface area contributed by atoms with Crippen molar-refractivity contribution in [2.75, 3.05) is 13.1 Å². The summed E-state index contributed by atoms with van der Waals surface area (Å²) in [5.74, 6) is -0.560. The molecule has 1 aromatic rings. The highest BCUT2D eigenvalue weighted by Crippen LogP contribution is 2.36. The van der Waals surface area contributed by atoms with Gasteiger partial charge in [-0.15, -0.1) is 0 Å². The van der Waals surface area contributed by atoms with Crippen LogP contribution < -0.4 is 10.5 Å². The normalized spacial score (nSPS) is 16.1. The van der Waals surface area contributed by atoms with Gasteiger partial charge in [0.1, 0.15) is 16.8 Å². The Morgan fingerprint density at radius 3 is 2.41 bits per heavy atom. The second-order valence-corrected chi connectivity index (χ2v) is 13.5. The van der Waals surface area contributed by atoms with Crippen LogP contribution in [0.2, 0.25) is 5.02 Å². The van der Waals surface area contributed by atoms with E-state index in [0.29, 0.717) is 31.7 Å². The summed E-state index contributed by atoms with van der Waals surface area (Å²) in [5.41, 5.74) is 5.13. The topological polar surface area (TPSA) is 110 Å². The molecule has 3 N–H and O–H groups in total. The van der Waals surface area contributed by atoms with Crippen molar-refractivity contribution < 1.29 is 22.4 Å². The summed E-state index contributed by atoms with van der Waals surface area (Å²) >= 11 is 5.90. The number of rotatable bonds is 14. The number of benzene rings is 1. The minimum absolute atomic E-state index is 0.0822. The van der Waals surface area contributed by atoms with E-state index in [1.807, 2.05) is 27.7 Å². The van der Waals surface area contributed by atoms with Gasteiger partial charge < -0.3 is 10.6 Å². The molecule has 1 aliphatic rings. The van der Waals surface area contributed by atoms with Gasteiger partial charge in [-0.25, -0.2) is 17.5 Å². The van der Waals surface area contributed by atoms with E-state index in [2.05, 4.69) is 4.72 Å². The molecule has 0 saturated heterocycles. The van der Waals surface area contributed by atoms with Crippen molar-refractivity contribution in [2.24, 2.45) is 23.0 Å². The summed E-state index contributed by atoms with van der Waals surface area (Å²) in [6.45, 7) is 8.28. The number of carbonyl (C=O) groups is 2. The average Bonchev–Trinajstić information content (AvgIpc) is 2.79. The number of nitrogens with zero attached hydrogens (tertiary/aromatic N) is 1. The van der Waals surface area contributed by atoms with Gasteiger partial charge >= 0.3 is 0 Å². The van der Waals surface area contributed by atoms with Crippen LogP contribution in [-0.2, 0) is 19.6 Å². The molecular weight excluding hydrogens is 517 g/mol. The lowest BCUT2D eigenvalue weighted by molar-refractivity contribution is -0.148. The van der Waals surface area contributed by atoms with E-state index in [1.54, 1.807) is 4.90 Å². The number of hydrogen-bond acceptors (Lipinski definition) is 4. The third kappa shape index (κ3) is 9.52. The van der Waals surface area contributed by atoms with Crippen molar-refractivity contribution in [3.63, 3.8) is 0 Å². The molecule has 37 heavy (non-hydrogen) atoms. The molecular formula is C27H43ClFN3O4S. The fraction of sp³-hybridized carbons (Fsp3) is 0.704. The molecule has 0 spiro atoms. The fourth-order valence-corrected chi connectivity index (χ4v) is 6.82. The number of sulfonamides is 1. The Balaban J connectivity index is 2.07. The number of primary amides is 1. The average molecular weight is 560 g/mol. The van der Waals surface area contributed by atoms with E-state index >= 15 is 0 Å². The Labute approximate surface area is 226 Å². The molecule has 1 aliphatic carbocycles. The minimum atomic E-state index is -3.91. The largest absolute Gasteiger partial charge is 0.368 e. The van der Waals surface area contributed by atoms with E-state index < -0.39 is 33.2 Å². The molecule has 210 valence electrons. The highest BCUT2D eigenvalue weighted by molar-refractivity contribution is 7.89. The monoisotopic (exact) mass is 559 g/mol. The number of halogens is 2. The molecule has 2 rings (SSSR count). The van der Waals surface area contributed by atoms with Crippen LogP contribution in [0.4, 0.5) is 4.39 Å². The summed E-state index contributed by atoms with van der Waals surface area (Å²) in [4.78, 5) is 27.7. The Morgan fingerprint density at radius 1 is 1.19 bits per heavy atom. The van der Waals surface area contributed by atoms with E-state index in [0.717, 1.165) is 37.5 Å². The summed E-state index contributed by atoms with van der Waals surface area (Å²) in [7, 11) is -3.91. The van der Waals surface area contributed by atoms with Gasteiger partial charge in [-0.1, -0.05) is 71.4 Å². The van der Waals surface area contributed by atoms with Crippen LogP contribution >= 0.6 is 11.6 Å². The Bertz CT molecular complexity index is 1030. The third-order valence-corrected chi connectivity index (χ3v) is 9.01. The number of nitrogens with one attached hydrogen (secondary N) is 1. The Hall–Kier alpha value is -1.71. The predicted molar refractivity (Wildman–Crippen MR) is 145 cm³/mol. The molecule has 1 aromatic carbocycles. The zero-order chi connectivity index (χ0) is 27.8. The van der Waals surface area contributed by atoms with Crippen LogP contribution in [0.25, 0.3) is 0 Å². The quantitative estimate of drug-likeness (QED) is 0.303. The molecule has 0 unspecified atom stereocenters. The first kappa shape index (κ1) is 31.5. The second kappa shape index (κ2) is 13.9. The summed E-state index contributed by atoms with van der Waals surface area (Å²) in [6, 6.07) is 2.40. The third-order valence-electron chi connectivity index (χ3n) is 7.06. The number of unbranched alkanes of at least 4 members (excludes halogenated alkanes) is 1. The maximum Gasteiger partial charge on any atom is 0.242 e.